The van der Waals surface area contributed by atoms with Crippen molar-refractivity contribution in [1.82, 2.24) is 10.6 Å². The van der Waals surface area contributed by atoms with Gasteiger partial charge < -0.3 is 15.7 Å². The number of aryl methyl sites for hydroxylation is 1. The minimum Gasteiger partial charge on any atom is -0.480 e. The maximum atomic E-state index is 11.9. The van der Waals surface area contributed by atoms with E-state index in [9.17, 15) is 9.59 Å². The van der Waals surface area contributed by atoms with E-state index in [2.05, 4.69) is 10.6 Å². The number of urea groups is 1. The second-order valence-corrected chi connectivity index (χ2v) is 5.45. The summed E-state index contributed by atoms with van der Waals surface area (Å²) in [5.74, 6) is -1.13. The molecule has 0 bridgehead atoms. The number of carboxylic acid groups (broad SMARTS) is 1. The fourth-order valence-electron chi connectivity index (χ4n) is 2.00. The molecule has 0 saturated heterocycles. The van der Waals surface area contributed by atoms with Crippen molar-refractivity contribution in [2.45, 2.75) is 46.2 Å². The number of hydrogen-bond donors (Lipinski definition) is 3. The van der Waals surface area contributed by atoms with Gasteiger partial charge in [-0.15, -0.1) is 0 Å². The number of carbonyl (C=O) groups is 2. The highest BCUT2D eigenvalue weighted by atomic mass is 16.4. The zero-order chi connectivity index (χ0) is 16.0. The van der Waals surface area contributed by atoms with Crippen molar-refractivity contribution >= 4 is 12.0 Å². The van der Waals surface area contributed by atoms with Gasteiger partial charge in [0.2, 0.25) is 0 Å². The van der Waals surface area contributed by atoms with Gasteiger partial charge in [0.05, 0.1) is 6.04 Å². The predicted molar refractivity (Wildman–Crippen MR) is 82.1 cm³/mol. The highest BCUT2D eigenvalue weighted by Crippen LogP contribution is 2.13. The molecule has 3 unspecified atom stereocenters. The smallest absolute Gasteiger partial charge is 0.326 e. The molecular weight excluding hydrogens is 268 g/mol. The van der Waals surface area contributed by atoms with Crippen LogP contribution in [0.4, 0.5) is 4.79 Å². The summed E-state index contributed by atoms with van der Waals surface area (Å²) < 4.78 is 0. The van der Waals surface area contributed by atoms with Crippen LogP contribution in [0.3, 0.4) is 0 Å². The Hall–Kier alpha value is -2.04. The van der Waals surface area contributed by atoms with Crippen LogP contribution in [0, 0.1) is 12.8 Å². The van der Waals surface area contributed by atoms with E-state index in [1.54, 1.807) is 0 Å². The normalized spacial score (nSPS) is 14.9. The predicted octanol–water partition coefficient (Wildman–Crippen LogP) is 2.85. The van der Waals surface area contributed by atoms with Gasteiger partial charge in [-0.2, -0.15) is 0 Å². The zero-order valence-electron chi connectivity index (χ0n) is 13.0. The first-order chi connectivity index (χ1) is 9.85. The van der Waals surface area contributed by atoms with E-state index in [-0.39, 0.29) is 12.0 Å². The summed E-state index contributed by atoms with van der Waals surface area (Å²) in [4.78, 5) is 23.1. The third kappa shape index (κ3) is 5.10. The van der Waals surface area contributed by atoms with Crippen LogP contribution in [0.1, 0.15) is 44.4 Å². The molecule has 0 aliphatic carbocycles. The standard InChI is InChI=1S/C16H24N2O3/c1-5-11(3)14(15(19)20)18-16(21)17-12(4)13-8-6-10(2)7-9-13/h6-9,11-12,14H,5H2,1-4H3,(H,19,20)(H2,17,18,21). The molecule has 0 heterocycles. The first-order valence-electron chi connectivity index (χ1n) is 7.21. The number of rotatable bonds is 6. The number of hydrogen-bond acceptors (Lipinski definition) is 2. The topological polar surface area (TPSA) is 78.4 Å². The van der Waals surface area contributed by atoms with Crippen molar-refractivity contribution in [2.24, 2.45) is 5.92 Å². The number of amides is 2. The lowest BCUT2D eigenvalue weighted by molar-refractivity contribution is -0.140. The van der Waals surface area contributed by atoms with E-state index in [1.807, 2.05) is 52.0 Å². The fourth-order valence-corrected chi connectivity index (χ4v) is 2.00. The van der Waals surface area contributed by atoms with Crippen LogP contribution in [-0.2, 0) is 4.79 Å². The van der Waals surface area contributed by atoms with Crippen molar-refractivity contribution in [3.8, 4) is 0 Å². The van der Waals surface area contributed by atoms with E-state index in [4.69, 9.17) is 5.11 Å². The summed E-state index contributed by atoms with van der Waals surface area (Å²) in [5.41, 5.74) is 2.13. The molecule has 0 aliphatic rings. The minimum atomic E-state index is -1.01. The summed E-state index contributed by atoms with van der Waals surface area (Å²) in [5, 5.41) is 14.5. The molecule has 116 valence electrons. The van der Waals surface area contributed by atoms with Crippen molar-refractivity contribution < 1.29 is 14.7 Å². The van der Waals surface area contributed by atoms with Gasteiger partial charge in [0.1, 0.15) is 6.04 Å². The number of carbonyl (C=O) groups excluding carboxylic acids is 1. The highest BCUT2D eigenvalue weighted by molar-refractivity contribution is 5.82. The Morgan fingerprint density at radius 2 is 1.71 bits per heavy atom. The number of nitrogens with one attached hydrogen (secondary N) is 2. The molecule has 5 nitrogen and oxygen atoms in total. The molecule has 0 aromatic heterocycles. The van der Waals surface area contributed by atoms with Crippen LogP contribution < -0.4 is 10.6 Å². The first-order valence-corrected chi connectivity index (χ1v) is 7.21. The maximum Gasteiger partial charge on any atom is 0.326 e. The van der Waals surface area contributed by atoms with Crippen LogP contribution in [0.2, 0.25) is 0 Å². The molecule has 3 atom stereocenters. The molecule has 0 radical (unpaired) electrons. The monoisotopic (exact) mass is 292 g/mol. The Morgan fingerprint density at radius 1 is 1.14 bits per heavy atom. The Balaban J connectivity index is 2.63. The quantitative estimate of drug-likeness (QED) is 0.754. The first kappa shape index (κ1) is 17.0. The van der Waals surface area contributed by atoms with Crippen molar-refractivity contribution in [3.63, 3.8) is 0 Å². The van der Waals surface area contributed by atoms with Crippen molar-refractivity contribution in [2.75, 3.05) is 0 Å². The second kappa shape index (κ2) is 7.67. The second-order valence-electron chi connectivity index (χ2n) is 5.45. The van der Waals surface area contributed by atoms with Gasteiger partial charge in [0.15, 0.2) is 0 Å². The summed E-state index contributed by atoms with van der Waals surface area (Å²) in [6, 6.07) is 6.33. The molecule has 1 aromatic carbocycles. The minimum absolute atomic E-state index is 0.122. The lowest BCUT2D eigenvalue weighted by atomic mass is 9.99. The van der Waals surface area contributed by atoms with Crippen LogP contribution in [-0.4, -0.2) is 23.1 Å². The molecule has 0 aliphatic heterocycles. The van der Waals surface area contributed by atoms with E-state index in [0.717, 1.165) is 11.1 Å². The Kier molecular flexibility index (Phi) is 6.21. The van der Waals surface area contributed by atoms with Crippen molar-refractivity contribution in [3.05, 3.63) is 35.4 Å². The SMILES string of the molecule is CCC(C)C(NC(=O)NC(C)c1ccc(C)cc1)C(=O)O. The fraction of sp³-hybridized carbons (Fsp3) is 0.500. The summed E-state index contributed by atoms with van der Waals surface area (Å²) >= 11 is 0. The maximum absolute atomic E-state index is 11.9. The van der Waals surface area contributed by atoms with Crippen LogP contribution in [0.15, 0.2) is 24.3 Å². The molecule has 5 heteroatoms. The molecule has 0 spiro atoms. The average Bonchev–Trinajstić information content (AvgIpc) is 2.44. The Bertz CT molecular complexity index is 485. The number of carboxylic acids is 1. The average molecular weight is 292 g/mol. The molecular formula is C16H24N2O3. The van der Waals surface area contributed by atoms with Gasteiger partial charge in [-0.1, -0.05) is 50.1 Å². The van der Waals surface area contributed by atoms with Gasteiger partial charge in [-0.25, -0.2) is 9.59 Å². The third-order valence-electron chi connectivity index (χ3n) is 3.69. The molecule has 2 amide bonds. The largest absolute Gasteiger partial charge is 0.480 e. The summed E-state index contributed by atoms with van der Waals surface area (Å²) in [7, 11) is 0. The number of aliphatic carboxylic acids is 1. The molecule has 1 aromatic rings. The Labute approximate surface area is 125 Å². The van der Waals surface area contributed by atoms with E-state index in [0.29, 0.717) is 6.42 Å². The van der Waals surface area contributed by atoms with Crippen LogP contribution in [0.25, 0.3) is 0 Å². The van der Waals surface area contributed by atoms with Crippen LogP contribution in [0.5, 0.6) is 0 Å². The third-order valence-corrected chi connectivity index (χ3v) is 3.69. The molecule has 3 N–H and O–H groups in total. The van der Waals surface area contributed by atoms with Crippen molar-refractivity contribution in [1.29, 1.82) is 0 Å². The van der Waals surface area contributed by atoms with Crippen LogP contribution >= 0.6 is 0 Å². The van der Waals surface area contributed by atoms with E-state index >= 15 is 0 Å². The van der Waals surface area contributed by atoms with Gasteiger partial charge in [0, 0.05) is 0 Å². The molecule has 0 fully saturated rings. The zero-order valence-corrected chi connectivity index (χ0v) is 13.0. The Morgan fingerprint density at radius 3 is 2.19 bits per heavy atom. The number of benzene rings is 1. The molecule has 0 saturated carbocycles. The lowest BCUT2D eigenvalue weighted by Crippen LogP contribution is -2.49. The lowest BCUT2D eigenvalue weighted by Gasteiger charge is -2.22. The van der Waals surface area contributed by atoms with Gasteiger partial charge in [-0.3, -0.25) is 0 Å². The van der Waals surface area contributed by atoms with E-state index < -0.39 is 18.0 Å². The summed E-state index contributed by atoms with van der Waals surface area (Å²) in [6.45, 7) is 7.57. The molecule has 1 rings (SSSR count). The van der Waals surface area contributed by atoms with Gasteiger partial charge in [-0.05, 0) is 25.3 Å². The van der Waals surface area contributed by atoms with E-state index in [1.165, 1.54) is 0 Å². The highest BCUT2D eigenvalue weighted by Gasteiger charge is 2.25. The molecule has 21 heavy (non-hydrogen) atoms. The van der Waals surface area contributed by atoms with Gasteiger partial charge >= 0.3 is 12.0 Å². The summed E-state index contributed by atoms with van der Waals surface area (Å²) in [6.07, 6.45) is 0.685. The van der Waals surface area contributed by atoms with Gasteiger partial charge in [0.25, 0.3) is 0 Å².